The molecule has 1 saturated heterocycles. The highest BCUT2D eigenvalue weighted by atomic mass is 32.2. The fourth-order valence-electron chi connectivity index (χ4n) is 2.06. The number of thioether (sulfide) groups is 1. The Morgan fingerprint density at radius 1 is 1.05 bits per heavy atom. The maximum atomic E-state index is 12.5. The first-order valence-electron chi connectivity index (χ1n) is 6.75. The van der Waals surface area contributed by atoms with E-state index in [-0.39, 0.29) is 11.8 Å². The predicted octanol–water partition coefficient (Wildman–Crippen LogP) is 3.81. The zero-order valence-corrected chi connectivity index (χ0v) is 14.6. The van der Waals surface area contributed by atoms with Crippen molar-refractivity contribution in [1.29, 1.82) is 0 Å². The van der Waals surface area contributed by atoms with E-state index in [0.717, 1.165) is 15.5 Å². The molecule has 2 amide bonds. The molecule has 2 aromatic heterocycles. The van der Waals surface area contributed by atoms with Gasteiger partial charge in [-0.25, -0.2) is 0 Å². The lowest BCUT2D eigenvalue weighted by Crippen LogP contribution is -2.31. The number of aliphatic imine (C=N–C) groups is 1. The second-order valence-corrected chi connectivity index (χ2v) is 8.46. The molecule has 0 atom stereocenters. The highest BCUT2D eigenvalue weighted by Crippen LogP contribution is 2.25. The van der Waals surface area contributed by atoms with Crippen molar-refractivity contribution in [3.63, 3.8) is 0 Å². The Balaban J connectivity index is 1.82. The van der Waals surface area contributed by atoms with Gasteiger partial charge in [0, 0.05) is 22.1 Å². The smallest absolute Gasteiger partial charge is 0.286 e. The van der Waals surface area contributed by atoms with Gasteiger partial charge in [0.2, 0.25) is 0 Å². The van der Waals surface area contributed by atoms with Crippen LogP contribution in [0.1, 0.15) is 29.1 Å². The second kappa shape index (κ2) is 6.36. The number of amidine groups is 1. The summed E-state index contributed by atoms with van der Waals surface area (Å²) in [6.07, 6.45) is 0. The fourth-order valence-corrected chi connectivity index (χ4v) is 4.56. The van der Waals surface area contributed by atoms with Crippen LogP contribution in [0.5, 0.6) is 0 Å². The van der Waals surface area contributed by atoms with Crippen LogP contribution in [0.3, 0.4) is 0 Å². The average Bonchev–Trinajstić information content (AvgIpc) is 3.19. The second-order valence-electron chi connectivity index (χ2n) is 4.83. The van der Waals surface area contributed by atoms with Gasteiger partial charge in [-0.2, -0.15) is 4.99 Å². The predicted molar refractivity (Wildman–Crippen MR) is 93.4 cm³/mol. The monoisotopic (exact) mass is 350 g/mol. The summed E-state index contributed by atoms with van der Waals surface area (Å²) in [5.41, 5.74) is 0. The normalized spacial score (nSPS) is 16.5. The van der Waals surface area contributed by atoms with E-state index in [1.165, 1.54) is 34.4 Å². The number of thiophene rings is 2. The number of aryl methyl sites for hydroxylation is 2. The molecule has 114 valence electrons. The lowest BCUT2D eigenvalue weighted by atomic mass is 10.4. The minimum atomic E-state index is -0.275. The Bertz CT molecular complexity index is 760. The largest absolute Gasteiger partial charge is 0.289 e. The Morgan fingerprint density at radius 3 is 2.27 bits per heavy atom. The van der Waals surface area contributed by atoms with Crippen molar-refractivity contribution in [1.82, 2.24) is 4.90 Å². The van der Waals surface area contributed by atoms with E-state index in [1.54, 1.807) is 11.0 Å². The van der Waals surface area contributed by atoms with Gasteiger partial charge in [0.15, 0.2) is 5.17 Å². The van der Waals surface area contributed by atoms with E-state index in [0.29, 0.717) is 21.5 Å². The Kier molecular flexibility index (Phi) is 4.46. The fraction of sp³-hybridized carbons (Fsp3) is 0.267. The zero-order valence-electron chi connectivity index (χ0n) is 12.2. The molecule has 0 radical (unpaired) electrons. The molecule has 3 heterocycles. The maximum Gasteiger partial charge on any atom is 0.289 e. The van der Waals surface area contributed by atoms with E-state index < -0.39 is 0 Å². The standard InChI is InChI=1S/C15H14N2O2S3/c1-9-3-5-11(21-9)13(18)16-15-17(7-8-20-15)14(19)12-6-4-10(2)22-12/h3-6H,7-8H2,1-2H3. The van der Waals surface area contributed by atoms with Crippen LogP contribution < -0.4 is 0 Å². The number of carbonyl (C=O) groups excluding carboxylic acids is 2. The van der Waals surface area contributed by atoms with Gasteiger partial charge in [0.25, 0.3) is 11.8 Å². The summed E-state index contributed by atoms with van der Waals surface area (Å²) < 4.78 is 0. The lowest BCUT2D eigenvalue weighted by Gasteiger charge is -2.14. The summed E-state index contributed by atoms with van der Waals surface area (Å²) in [5, 5.41) is 0.507. The van der Waals surface area contributed by atoms with Gasteiger partial charge in [-0.3, -0.25) is 14.5 Å². The van der Waals surface area contributed by atoms with Gasteiger partial charge < -0.3 is 0 Å². The average molecular weight is 350 g/mol. The zero-order chi connectivity index (χ0) is 15.7. The first-order valence-corrected chi connectivity index (χ1v) is 9.37. The first kappa shape index (κ1) is 15.5. The molecular weight excluding hydrogens is 336 g/mol. The molecule has 4 nitrogen and oxygen atoms in total. The SMILES string of the molecule is Cc1ccc(C(=O)N=C2SCCN2C(=O)c2ccc(C)s2)s1. The number of nitrogens with zero attached hydrogens (tertiary/aromatic N) is 2. The first-order chi connectivity index (χ1) is 10.5. The molecule has 7 heteroatoms. The highest BCUT2D eigenvalue weighted by molar-refractivity contribution is 8.14. The topological polar surface area (TPSA) is 49.7 Å². The van der Waals surface area contributed by atoms with Gasteiger partial charge >= 0.3 is 0 Å². The Morgan fingerprint density at radius 2 is 1.68 bits per heavy atom. The number of hydrogen-bond donors (Lipinski definition) is 0. The molecular formula is C15H14N2O2S3. The van der Waals surface area contributed by atoms with Crippen molar-refractivity contribution in [3.05, 3.63) is 43.8 Å². The Hall–Kier alpha value is -1.44. The molecule has 3 rings (SSSR count). The van der Waals surface area contributed by atoms with Crippen molar-refractivity contribution in [2.75, 3.05) is 12.3 Å². The van der Waals surface area contributed by atoms with Crippen molar-refractivity contribution >= 4 is 51.4 Å². The van der Waals surface area contributed by atoms with Crippen LogP contribution in [0.4, 0.5) is 0 Å². The summed E-state index contributed by atoms with van der Waals surface area (Å²) in [6.45, 7) is 4.52. The van der Waals surface area contributed by atoms with Crippen LogP contribution in [0.25, 0.3) is 0 Å². The van der Waals surface area contributed by atoms with Crippen LogP contribution in [-0.4, -0.2) is 34.2 Å². The minimum Gasteiger partial charge on any atom is -0.286 e. The van der Waals surface area contributed by atoms with Gasteiger partial charge in [-0.1, -0.05) is 11.8 Å². The maximum absolute atomic E-state index is 12.5. The summed E-state index contributed by atoms with van der Waals surface area (Å²) >= 11 is 4.34. The van der Waals surface area contributed by atoms with Crippen molar-refractivity contribution in [2.24, 2.45) is 4.99 Å². The molecule has 0 spiro atoms. The van der Waals surface area contributed by atoms with Crippen molar-refractivity contribution in [3.8, 4) is 0 Å². The van der Waals surface area contributed by atoms with E-state index in [4.69, 9.17) is 0 Å². The molecule has 0 saturated carbocycles. The molecule has 0 aromatic carbocycles. The van der Waals surface area contributed by atoms with E-state index in [2.05, 4.69) is 4.99 Å². The summed E-state index contributed by atoms with van der Waals surface area (Å²) in [6, 6.07) is 7.43. The van der Waals surface area contributed by atoms with E-state index in [1.807, 2.05) is 32.0 Å². The van der Waals surface area contributed by atoms with Gasteiger partial charge in [0.05, 0.1) is 9.75 Å². The van der Waals surface area contributed by atoms with E-state index >= 15 is 0 Å². The Labute approximate surface area is 140 Å². The van der Waals surface area contributed by atoms with E-state index in [9.17, 15) is 9.59 Å². The molecule has 1 fully saturated rings. The highest BCUT2D eigenvalue weighted by Gasteiger charge is 2.28. The number of rotatable bonds is 2. The summed E-state index contributed by atoms with van der Waals surface area (Å²) in [4.78, 5) is 33.9. The third kappa shape index (κ3) is 3.16. The quantitative estimate of drug-likeness (QED) is 0.827. The van der Waals surface area contributed by atoms with Crippen molar-refractivity contribution in [2.45, 2.75) is 13.8 Å². The number of amides is 2. The summed E-state index contributed by atoms with van der Waals surface area (Å²) in [7, 11) is 0. The van der Waals surface area contributed by atoms with Gasteiger partial charge in [0.1, 0.15) is 0 Å². The number of carbonyl (C=O) groups is 2. The van der Waals surface area contributed by atoms with Crippen LogP contribution >= 0.6 is 34.4 Å². The molecule has 1 aliphatic heterocycles. The molecule has 0 unspecified atom stereocenters. The molecule has 22 heavy (non-hydrogen) atoms. The molecule has 2 aromatic rings. The van der Waals surface area contributed by atoms with Crippen LogP contribution in [0, 0.1) is 13.8 Å². The van der Waals surface area contributed by atoms with Crippen LogP contribution in [0.2, 0.25) is 0 Å². The molecule has 0 N–H and O–H groups in total. The third-order valence-corrected chi connectivity index (χ3v) is 6.06. The molecule has 0 bridgehead atoms. The van der Waals surface area contributed by atoms with Crippen LogP contribution in [-0.2, 0) is 0 Å². The van der Waals surface area contributed by atoms with Gasteiger partial charge in [-0.05, 0) is 38.1 Å². The summed E-state index contributed by atoms with van der Waals surface area (Å²) in [5.74, 6) is 0.422. The van der Waals surface area contributed by atoms with Crippen LogP contribution in [0.15, 0.2) is 29.3 Å². The van der Waals surface area contributed by atoms with Gasteiger partial charge in [-0.15, -0.1) is 22.7 Å². The third-order valence-electron chi connectivity index (χ3n) is 3.12. The lowest BCUT2D eigenvalue weighted by molar-refractivity contribution is 0.0863. The minimum absolute atomic E-state index is 0.0722. The molecule has 1 aliphatic rings. The van der Waals surface area contributed by atoms with Crippen molar-refractivity contribution < 1.29 is 9.59 Å². The number of hydrogen-bond acceptors (Lipinski definition) is 5. The molecule has 0 aliphatic carbocycles.